The summed E-state index contributed by atoms with van der Waals surface area (Å²) in [5, 5.41) is 16.8. The lowest BCUT2D eigenvalue weighted by Gasteiger charge is -2.03. The van der Waals surface area contributed by atoms with Gasteiger partial charge >= 0.3 is 0 Å². The maximum Gasteiger partial charge on any atom is 0.197 e. The fourth-order valence-electron chi connectivity index (χ4n) is 1.02. The van der Waals surface area contributed by atoms with Crippen molar-refractivity contribution in [3.63, 3.8) is 0 Å². The van der Waals surface area contributed by atoms with Gasteiger partial charge in [0.1, 0.15) is 0 Å². The van der Waals surface area contributed by atoms with Gasteiger partial charge in [0.05, 0.1) is 17.7 Å². The molecule has 0 heterocycles. The Balaban J connectivity index is 3.28. The highest BCUT2D eigenvalue weighted by Crippen LogP contribution is 2.18. The molecule has 16 heavy (non-hydrogen) atoms. The van der Waals surface area contributed by atoms with Crippen molar-refractivity contribution < 1.29 is 18.0 Å². The summed E-state index contributed by atoms with van der Waals surface area (Å²) in [6, 6.07) is 3.88. The predicted octanol–water partition coefficient (Wildman–Crippen LogP) is 1.95. The maximum atomic E-state index is 13.1. The summed E-state index contributed by atoms with van der Waals surface area (Å²) in [4.78, 5) is 11.3. The summed E-state index contributed by atoms with van der Waals surface area (Å²) in [5.41, 5.74) is -0.813. The number of carbonyl (C=O) groups excluding carboxylic acids is 1. The van der Waals surface area contributed by atoms with Crippen molar-refractivity contribution in [2.45, 2.75) is 0 Å². The summed E-state index contributed by atoms with van der Waals surface area (Å²) in [6.45, 7) is 0. The van der Waals surface area contributed by atoms with E-state index in [4.69, 9.17) is 10.5 Å². The van der Waals surface area contributed by atoms with Crippen molar-refractivity contribution in [2.75, 3.05) is 0 Å². The molecule has 3 nitrogen and oxygen atoms in total. The lowest BCUT2D eigenvalue weighted by molar-refractivity contribution is 0.0965. The van der Waals surface area contributed by atoms with E-state index in [0.717, 1.165) is 0 Å². The number of ketones is 1. The van der Waals surface area contributed by atoms with E-state index in [2.05, 4.69) is 0 Å². The molecule has 0 atom stereocenters. The van der Waals surface area contributed by atoms with Crippen LogP contribution in [0.1, 0.15) is 10.4 Å². The lowest BCUT2D eigenvalue weighted by Crippen LogP contribution is -2.14. The topological polar surface area (TPSA) is 64.7 Å². The van der Waals surface area contributed by atoms with Gasteiger partial charge in [0.15, 0.2) is 29.2 Å². The first-order chi connectivity index (χ1) is 7.52. The molecule has 0 unspecified atom stereocenters. The molecule has 0 saturated heterocycles. The molecule has 1 aromatic carbocycles. The summed E-state index contributed by atoms with van der Waals surface area (Å²) < 4.78 is 38.4. The van der Waals surface area contributed by atoms with Crippen LogP contribution in [-0.4, -0.2) is 5.78 Å². The smallest absolute Gasteiger partial charge is 0.197 e. The Morgan fingerprint density at radius 2 is 1.69 bits per heavy atom. The van der Waals surface area contributed by atoms with Gasteiger partial charge in [-0.15, -0.1) is 0 Å². The second-order valence-corrected chi connectivity index (χ2v) is 2.78. The number of Topliss-reactive ketones (excluding diaryl/α,β-unsaturated/α-hetero) is 1. The van der Waals surface area contributed by atoms with Gasteiger partial charge in [-0.3, -0.25) is 4.79 Å². The molecule has 0 aliphatic rings. The summed E-state index contributed by atoms with van der Waals surface area (Å²) >= 11 is 0. The van der Waals surface area contributed by atoms with Crippen LogP contribution in [0.3, 0.4) is 0 Å². The Labute approximate surface area is 88.3 Å². The van der Waals surface area contributed by atoms with Crippen molar-refractivity contribution in [1.29, 1.82) is 10.5 Å². The van der Waals surface area contributed by atoms with Gasteiger partial charge in [0, 0.05) is 0 Å². The Hall–Kier alpha value is -2.34. The van der Waals surface area contributed by atoms with Gasteiger partial charge < -0.3 is 0 Å². The third-order valence-electron chi connectivity index (χ3n) is 1.82. The lowest BCUT2D eigenvalue weighted by atomic mass is 9.99. The average Bonchev–Trinajstić information content (AvgIpc) is 2.27. The molecule has 0 amide bonds. The molecule has 0 spiro atoms. The Morgan fingerprint density at radius 1 is 1.12 bits per heavy atom. The van der Waals surface area contributed by atoms with E-state index < -0.39 is 34.7 Å². The Bertz CT molecular complexity index is 514. The first-order valence-electron chi connectivity index (χ1n) is 3.99. The van der Waals surface area contributed by atoms with Gasteiger partial charge in [0.2, 0.25) is 0 Å². The fraction of sp³-hybridized carbons (Fsp3) is 0.100. The minimum atomic E-state index is -1.81. The van der Waals surface area contributed by atoms with Crippen LogP contribution in [0.5, 0.6) is 0 Å². The SMILES string of the molecule is N#CC(C#N)C(=O)c1ccc(F)c(F)c1F. The monoisotopic (exact) mass is 224 g/mol. The maximum absolute atomic E-state index is 13.1. The van der Waals surface area contributed by atoms with Crippen molar-refractivity contribution in [2.24, 2.45) is 5.92 Å². The molecule has 0 aliphatic carbocycles. The highest BCUT2D eigenvalue weighted by molar-refractivity contribution is 6.01. The molecule has 0 fully saturated rings. The average molecular weight is 224 g/mol. The molecule has 0 N–H and O–H groups in total. The van der Waals surface area contributed by atoms with Crippen LogP contribution in [0, 0.1) is 46.0 Å². The third-order valence-corrected chi connectivity index (χ3v) is 1.82. The van der Waals surface area contributed by atoms with Crippen LogP contribution >= 0.6 is 0 Å². The quantitative estimate of drug-likeness (QED) is 0.569. The number of nitrogens with zero attached hydrogens (tertiary/aromatic N) is 2. The van der Waals surface area contributed by atoms with Crippen LogP contribution in [0.4, 0.5) is 13.2 Å². The van der Waals surface area contributed by atoms with E-state index in [1.807, 2.05) is 0 Å². The van der Waals surface area contributed by atoms with Gasteiger partial charge in [-0.25, -0.2) is 13.2 Å². The third kappa shape index (κ3) is 1.86. The Kier molecular flexibility index (Phi) is 3.27. The molecular formula is C10H3F3N2O. The summed E-state index contributed by atoms with van der Waals surface area (Å²) in [7, 11) is 0. The van der Waals surface area contributed by atoms with E-state index in [9.17, 15) is 18.0 Å². The summed E-state index contributed by atoms with van der Waals surface area (Å²) in [6.07, 6.45) is 0. The van der Waals surface area contributed by atoms with Crippen molar-refractivity contribution in [3.8, 4) is 12.1 Å². The fourth-order valence-corrected chi connectivity index (χ4v) is 1.02. The zero-order valence-corrected chi connectivity index (χ0v) is 7.67. The van der Waals surface area contributed by atoms with Crippen LogP contribution in [0.15, 0.2) is 12.1 Å². The first kappa shape index (κ1) is 11.7. The zero-order valence-electron chi connectivity index (χ0n) is 7.67. The summed E-state index contributed by atoms with van der Waals surface area (Å²) in [5.74, 6) is -7.87. The zero-order chi connectivity index (χ0) is 12.3. The standard InChI is InChI=1S/C10H3F3N2O/c11-7-2-1-6(8(12)9(7)13)10(16)5(3-14)4-15/h1-2,5H. The minimum Gasteiger partial charge on any atom is -0.291 e. The van der Waals surface area contributed by atoms with Crippen LogP contribution in [0.25, 0.3) is 0 Å². The largest absolute Gasteiger partial charge is 0.291 e. The van der Waals surface area contributed by atoms with Crippen molar-refractivity contribution >= 4 is 5.78 Å². The van der Waals surface area contributed by atoms with E-state index in [1.165, 1.54) is 12.1 Å². The molecule has 6 heteroatoms. The number of benzene rings is 1. The minimum absolute atomic E-state index is 0.553. The van der Waals surface area contributed by atoms with Crippen LogP contribution in [-0.2, 0) is 0 Å². The number of carbonyl (C=O) groups is 1. The van der Waals surface area contributed by atoms with Crippen LogP contribution < -0.4 is 0 Å². The number of nitriles is 2. The second kappa shape index (κ2) is 4.45. The molecule has 80 valence electrons. The molecule has 0 radical (unpaired) electrons. The molecule has 1 rings (SSSR count). The van der Waals surface area contributed by atoms with Crippen molar-refractivity contribution in [3.05, 3.63) is 35.1 Å². The number of halogens is 3. The molecule has 0 bridgehead atoms. The van der Waals surface area contributed by atoms with E-state index in [0.29, 0.717) is 12.1 Å². The van der Waals surface area contributed by atoms with E-state index in [-0.39, 0.29) is 0 Å². The number of hydrogen-bond donors (Lipinski definition) is 0. The molecule has 0 aliphatic heterocycles. The van der Waals surface area contributed by atoms with E-state index in [1.54, 1.807) is 0 Å². The normalized spacial score (nSPS) is 9.62. The van der Waals surface area contributed by atoms with Crippen LogP contribution in [0.2, 0.25) is 0 Å². The highest BCUT2D eigenvalue weighted by Gasteiger charge is 2.25. The first-order valence-corrected chi connectivity index (χ1v) is 3.99. The molecular weight excluding hydrogens is 221 g/mol. The van der Waals surface area contributed by atoms with Crippen molar-refractivity contribution in [1.82, 2.24) is 0 Å². The second-order valence-electron chi connectivity index (χ2n) is 2.78. The van der Waals surface area contributed by atoms with E-state index >= 15 is 0 Å². The number of hydrogen-bond acceptors (Lipinski definition) is 3. The van der Waals surface area contributed by atoms with Gasteiger partial charge in [-0.05, 0) is 12.1 Å². The highest BCUT2D eigenvalue weighted by atomic mass is 19.2. The molecule has 1 aromatic rings. The Morgan fingerprint density at radius 3 is 2.19 bits per heavy atom. The van der Waals surface area contributed by atoms with Gasteiger partial charge in [-0.1, -0.05) is 0 Å². The van der Waals surface area contributed by atoms with Gasteiger partial charge in [-0.2, -0.15) is 10.5 Å². The number of rotatable bonds is 2. The predicted molar refractivity (Wildman–Crippen MR) is 45.4 cm³/mol. The van der Waals surface area contributed by atoms with Gasteiger partial charge in [0.25, 0.3) is 0 Å². The molecule has 0 aromatic heterocycles. The molecule has 0 saturated carbocycles.